The lowest BCUT2D eigenvalue weighted by Crippen LogP contribution is -1.81. The second-order valence-electron chi connectivity index (χ2n) is 2.94. The average Bonchev–Trinajstić information content (AvgIpc) is 2.59. The van der Waals surface area contributed by atoms with E-state index in [-0.39, 0.29) is 5.75 Å². The highest BCUT2D eigenvalue weighted by Crippen LogP contribution is 2.25. The maximum atomic E-state index is 9.44. The predicted molar refractivity (Wildman–Crippen MR) is 52.8 cm³/mol. The number of hydrogen-bond donors (Lipinski definition) is 1. The maximum absolute atomic E-state index is 9.44. The lowest BCUT2D eigenvalue weighted by atomic mass is 10.3. The number of hydrogen-bond acceptors (Lipinski definition) is 3. The van der Waals surface area contributed by atoms with Crippen LogP contribution in [0.1, 0.15) is 12.3 Å². The van der Waals surface area contributed by atoms with Gasteiger partial charge < -0.3 is 9.52 Å². The van der Waals surface area contributed by atoms with E-state index in [9.17, 15) is 5.11 Å². The van der Waals surface area contributed by atoms with Crippen molar-refractivity contribution in [1.82, 2.24) is 4.98 Å². The third-order valence-corrected chi connectivity index (χ3v) is 1.92. The molecule has 70 valence electrons. The second-order valence-corrected chi connectivity index (χ2v) is 2.94. The Kier molecular flexibility index (Phi) is 2.11. The number of rotatable bonds is 2. The molecule has 1 N–H and O–H groups in total. The van der Waals surface area contributed by atoms with Gasteiger partial charge in [0.15, 0.2) is 17.2 Å². The summed E-state index contributed by atoms with van der Waals surface area (Å²) in [5.74, 6) is 3.19. The van der Waals surface area contributed by atoms with Crippen molar-refractivity contribution in [1.29, 1.82) is 0 Å². The summed E-state index contributed by atoms with van der Waals surface area (Å²) in [4.78, 5) is 4.19. The molecule has 0 fully saturated rings. The smallest absolute Gasteiger partial charge is 0.196 e. The lowest BCUT2D eigenvalue weighted by Gasteiger charge is -1.89. The van der Waals surface area contributed by atoms with Crippen molar-refractivity contribution in [2.75, 3.05) is 0 Å². The summed E-state index contributed by atoms with van der Waals surface area (Å²) < 4.78 is 5.34. The molecule has 0 radical (unpaired) electrons. The molecule has 0 amide bonds. The van der Waals surface area contributed by atoms with Gasteiger partial charge in [-0.3, -0.25) is 0 Å². The average molecular weight is 187 g/mol. The standard InChI is InChI=1S/C11H9NO2/c1-2-3-7-10-12-8-5-4-6-9(13)11(8)14-10/h1,4-6,13H,3,7H2. The molecule has 1 aromatic carbocycles. The SMILES string of the molecule is C#CCCc1nc2cccc(O)c2o1. The number of aromatic nitrogens is 1. The van der Waals surface area contributed by atoms with Gasteiger partial charge in [-0.2, -0.15) is 0 Å². The van der Waals surface area contributed by atoms with Gasteiger partial charge in [0.2, 0.25) is 0 Å². The molecule has 3 nitrogen and oxygen atoms in total. The molecule has 0 atom stereocenters. The first-order chi connectivity index (χ1) is 6.81. The van der Waals surface area contributed by atoms with Crippen molar-refractivity contribution < 1.29 is 9.52 Å². The molecular weight excluding hydrogens is 178 g/mol. The summed E-state index contributed by atoms with van der Waals surface area (Å²) in [6.45, 7) is 0. The van der Waals surface area contributed by atoms with E-state index < -0.39 is 0 Å². The number of aryl methyl sites for hydroxylation is 1. The van der Waals surface area contributed by atoms with E-state index in [4.69, 9.17) is 10.8 Å². The monoisotopic (exact) mass is 187 g/mol. The van der Waals surface area contributed by atoms with E-state index >= 15 is 0 Å². The second kappa shape index (κ2) is 3.43. The van der Waals surface area contributed by atoms with Crippen LogP contribution in [0.25, 0.3) is 11.1 Å². The van der Waals surface area contributed by atoms with Gasteiger partial charge in [0, 0.05) is 12.8 Å². The molecule has 0 saturated carbocycles. The van der Waals surface area contributed by atoms with E-state index in [1.165, 1.54) is 0 Å². The van der Waals surface area contributed by atoms with Crippen LogP contribution >= 0.6 is 0 Å². The minimum absolute atomic E-state index is 0.113. The van der Waals surface area contributed by atoms with Gasteiger partial charge in [-0.15, -0.1) is 12.3 Å². The number of nitrogens with zero attached hydrogens (tertiary/aromatic N) is 1. The van der Waals surface area contributed by atoms with E-state index in [0.717, 1.165) is 0 Å². The number of phenolic OH excluding ortho intramolecular Hbond substituents is 1. The molecule has 2 rings (SSSR count). The Labute approximate surface area is 81.4 Å². The third kappa shape index (κ3) is 1.42. The largest absolute Gasteiger partial charge is 0.504 e. The van der Waals surface area contributed by atoms with Gasteiger partial charge in [0.25, 0.3) is 0 Å². The Bertz CT molecular complexity index is 493. The molecule has 0 bridgehead atoms. The first kappa shape index (κ1) is 8.64. The Morgan fingerprint density at radius 1 is 1.50 bits per heavy atom. The normalized spacial score (nSPS) is 10.2. The van der Waals surface area contributed by atoms with Crippen LogP contribution in [0, 0.1) is 12.3 Å². The van der Waals surface area contributed by atoms with Crippen LogP contribution in [0.5, 0.6) is 5.75 Å². The molecule has 0 aliphatic heterocycles. The van der Waals surface area contributed by atoms with Gasteiger partial charge in [-0.05, 0) is 12.1 Å². The predicted octanol–water partition coefficient (Wildman–Crippen LogP) is 2.10. The topological polar surface area (TPSA) is 46.3 Å². The molecule has 0 unspecified atom stereocenters. The molecule has 3 heteroatoms. The molecule has 1 heterocycles. The van der Waals surface area contributed by atoms with E-state index in [1.807, 2.05) is 0 Å². The number of oxazole rings is 1. The number of aromatic hydroxyl groups is 1. The lowest BCUT2D eigenvalue weighted by molar-refractivity contribution is 0.455. The molecule has 0 aliphatic carbocycles. The zero-order valence-corrected chi connectivity index (χ0v) is 7.53. The van der Waals surface area contributed by atoms with Gasteiger partial charge in [-0.1, -0.05) is 6.07 Å². The summed E-state index contributed by atoms with van der Waals surface area (Å²) in [7, 11) is 0. The van der Waals surface area contributed by atoms with Gasteiger partial charge in [0.05, 0.1) is 0 Å². The molecule has 0 saturated heterocycles. The highest BCUT2D eigenvalue weighted by atomic mass is 16.4. The summed E-state index contributed by atoms with van der Waals surface area (Å²) in [6.07, 6.45) is 6.32. The minimum atomic E-state index is 0.113. The third-order valence-electron chi connectivity index (χ3n) is 1.92. The first-order valence-electron chi connectivity index (χ1n) is 4.32. The van der Waals surface area contributed by atoms with Crippen molar-refractivity contribution in [2.45, 2.75) is 12.8 Å². The van der Waals surface area contributed by atoms with Crippen molar-refractivity contribution in [3.05, 3.63) is 24.1 Å². The van der Waals surface area contributed by atoms with Crippen LogP contribution in [0.15, 0.2) is 22.6 Å². The van der Waals surface area contributed by atoms with Gasteiger partial charge >= 0.3 is 0 Å². The molecule has 0 spiro atoms. The zero-order chi connectivity index (χ0) is 9.97. The van der Waals surface area contributed by atoms with Crippen molar-refractivity contribution in [3.8, 4) is 18.1 Å². The van der Waals surface area contributed by atoms with E-state index in [2.05, 4.69) is 10.9 Å². The highest BCUT2D eigenvalue weighted by molar-refractivity contribution is 5.78. The van der Waals surface area contributed by atoms with Crippen molar-refractivity contribution in [2.24, 2.45) is 0 Å². The number of benzene rings is 1. The summed E-state index contributed by atoms with van der Waals surface area (Å²) in [5, 5.41) is 9.44. The Balaban J connectivity index is 2.42. The van der Waals surface area contributed by atoms with Gasteiger partial charge in [-0.25, -0.2) is 4.98 Å². The first-order valence-corrected chi connectivity index (χ1v) is 4.32. The molecule has 2 aromatic rings. The van der Waals surface area contributed by atoms with Gasteiger partial charge in [0.1, 0.15) is 5.52 Å². The van der Waals surface area contributed by atoms with Crippen LogP contribution in [-0.2, 0) is 6.42 Å². The van der Waals surface area contributed by atoms with Crippen LogP contribution in [0.2, 0.25) is 0 Å². The molecule has 0 aliphatic rings. The van der Waals surface area contributed by atoms with E-state index in [0.29, 0.717) is 29.8 Å². The van der Waals surface area contributed by atoms with Crippen molar-refractivity contribution >= 4 is 11.1 Å². The van der Waals surface area contributed by atoms with Crippen LogP contribution in [-0.4, -0.2) is 10.1 Å². The molecule has 1 aromatic heterocycles. The number of para-hydroxylation sites is 1. The Morgan fingerprint density at radius 2 is 2.36 bits per heavy atom. The van der Waals surface area contributed by atoms with E-state index in [1.54, 1.807) is 18.2 Å². The van der Waals surface area contributed by atoms with Crippen LogP contribution in [0.3, 0.4) is 0 Å². The quantitative estimate of drug-likeness (QED) is 0.732. The number of phenols is 1. The maximum Gasteiger partial charge on any atom is 0.196 e. The van der Waals surface area contributed by atoms with Crippen LogP contribution < -0.4 is 0 Å². The fraction of sp³-hybridized carbons (Fsp3) is 0.182. The summed E-state index contributed by atoms with van der Waals surface area (Å²) >= 11 is 0. The fourth-order valence-corrected chi connectivity index (χ4v) is 1.27. The summed E-state index contributed by atoms with van der Waals surface area (Å²) in [5.41, 5.74) is 1.09. The fourth-order valence-electron chi connectivity index (χ4n) is 1.27. The molecular formula is C11H9NO2. The zero-order valence-electron chi connectivity index (χ0n) is 7.53. The summed E-state index contributed by atoms with van der Waals surface area (Å²) in [6, 6.07) is 5.08. The Morgan fingerprint density at radius 3 is 3.07 bits per heavy atom. The Hall–Kier alpha value is -1.95. The van der Waals surface area contributed by atoms with Crippen LogP contribution in [0.4, 0.5) is 0 Å². The van der Waals surface area contributed by atoms with Crippen molar-refractivity contribution in [3.63, 3.8) is 0 Å². The molecule has 14 heavy (non-hydrogen) atoms. The minimum Gasteiger partial charge on any atom is -0.504 e. The highest BCUT2D eigenvalue weighted by Gasteiger charge is 2.07. The number of terminal acetylenes is 1. The number of fused-ring (bicyclic) bond motifs is 1.